The molecule has 2 N–H and O–H groups in total. The van der Waals surface area contributed by atoms with Crippen LogP contribution in [0.4, 0.5) is 0 Å². The van der Waals surface area contributed by atoms with Crippen LogP contribution in [0.3, 0.4) is 0 Å². The fourth-order valence-electron chi connectivity index (χ4n) is 1.52. The van der Waals surface area contributed by atoms with Crippen molar-refractivity contribution in [2.24, 2.45) is 5.10 Å². The summed E-state index contributed by atoms with van der Waals surface area (Å²) in [5, 5.41) is 6.43. The second-order valence-electron chi connectivity index (χ2n) is 4.23. The molecule has 2 amide bonds. The Morgan fingerprint density at radius 2 is 1.95 bits per heavy atom. The van der Waals surface area contributed by atoms with Crippen LogP contribution in [-0.2, 0) is 9.59 Å². The number of nitrogens with one attached hydrogen (secondary N) is 2. The molecule has 6 heteroatoms. The Kier molecular flexibility index (Phi) is 7.57. The molecule has 0 heterocycles. The minimum Gasteiger partial charge on any atom is -0.359 e. The van der Waals surface area contributed by atoms with E-state index in [4.69, 9.17) is 0 Å². The van der Waals surface area contributed by atoms with Crippen molar-refractivity contribution in [2.45, 2.75) is 25.7 Å². The summed E-state index contributed by atoms with van der Waals surface area (Å²) >= 11 is 3.36. The number of hydrogen-bond donors (Lipinski definition) is 2. The molecule has 0 spiro atoms. The summed E-state index contributed by atoms with van der Waals surface area (Å²) in [6.07, 6.45) is 3.78. The number of unbranched alkanes of at least 4 members (excludes halogenated alkanes) is 1. The molecule has 1 aromatic carbocycles. The van der Waals surface area contributed by atoms with E-state index in [1.165, 1.54) is 0 Å². The third-order valence-corrected chi connectivity index (χ3v) is 3.08. The van der Waals surface area contributed by atoms with Crippen LogP contribution in [0.15, 0.2) is 33.8 Å². The lowest BCUT2D eigenvalue weighted by molar-refractivity contribution is -0.122. The molecular weight excluding hydrogens is 322 g/mol. The second kappa shape index (κ2) is 9.25. The molecule has 0 saturated carbocycles. The van der Waals surface area contributed by atoms with E-state index in [0.29, 0.717) is 25.7 Å². The first-order valence-electron chi connectivity index (χ1n) is 6.40. The number of carbonyl (C=O) groups is 2. The first kappa shape index (κ1) is 16.4. The Balaban J connectivity index is 2.21. The first-order valence-corrected chi connectivity index (χ1v) is 7.19. The van der Waals surface area contributed by atoms with Gasteiger partial charge in [-0.3, -0.25) is 9.59 Å². The van der Waals surface area contributed by atoms with Crippen LogP contribution < -0.4 is 10.7 Å². The summed E-state index contributed by atoms with van der Waals surface area (Å²) in [4.78, 5) is 22.5. The zero-order valence-corrected chi connectivity index (χ0v) is 12.9. The smallest absolute Gasteiger partial charge is 0.240 e. The predicted molar refractivity (Wildman–Crippen MR) is 82.4 cm³/mol. The monoisotopic (exact) mass is 339 g/mol. The number of hydrazone groups is 1. The van der Waals surface area contributed by atoms with E-state index < -0.39 is 0 Å². The predicted octanol–water partition coefficient (Wildman–Crippen LogP) is 2.21. The van der Waals surface area contributed by atoms with Crippen molar-refractivity contribution in [3.8, 4) is 0 Å². The quantitative estimate of drug-likeness (QED) is 0.454. The van der Waals surface area contributed by atoms with E-state index in [-0.39, 0.29) is 11.8 Å². The maximum atomic E-state index is 11.5. The Labute approximate surface area is 127 Å². The van der Waals surface area contributed by atoms with Crippen molar-refractivity contribution in [2.75, 3.05) is 7.05 Å². The molecule has 0 radical (unpaired) electrons. The Morgan fingerprint density at radius 1 is 1.25 bits per heavy atom. The van der Waals surface area contributed by atoms with Gasteiger partial charge in [-0.15, -0.1) is 0 Å². The lowest BCUT2D eigenvalue weighted by Crippen LogP contribution is -2.19. The third kappa shape index (κ3) is 7.04. The topological polar surface area (TPSA) is 70.6 Å². The molecule has 0 aliphatic rings. The van der Waals surface area contributed by atoms with Crippen molar-refractivity contribution in [1.82, 2.24) is 10.7 Å². The van der Waals surface area contributed by atoms with Gasteiger partial charge in [0, 0.05) is 24.4 Å². The number of nitrogens with zero attached hydrogens (tertiary/aromatic N) is 1. The molecule has 1 aromatic rings. The molecule has 0 aromatic heterocycles. The van der Waals surface area contributed by atoms with Gasteiger partial charge >= 0.3 is 0 Å². The number of hydrogen-bond acceptors (Lipinski definition) is 3. The van der Waals surface area contributed by atoms with E-state index in [2.05, 4.69) is 31.8 Å². The van der Waals surface area contributed by atoms with E-state index in [1.54, 1.807) is 13.3 Å². The lowest BCUT2D eigenvalue weighted by Gasteiger charge is -2.00. The average molecular weight is 340 g/mol. The van der Waals surface area contributed by atoms with Crippen molar-refractivity contribution >= 4 is 34.0 Å². The molecule has 0 aliphatic carbocycles. The molecule has 0 bridgehead atoms. The van der Waals surface area contributed by atoms with Gasteiger partial charge in [0.05, 0.1) is 6.21 Å². The molecule has 0 saturated heterocycles. The van der Waals surface area contributed by atoms with Gasteiger partial charge in [-0.25, -0.2) is 5.43 Å². The molecule has 0 unspecified atom stereocenters. The highest BCUT2D eigenvalue weighted by molar-refractivity contribution is 9.10. The van der Waals surface area contributed by atoms with Crippen molar-refractivity contribution in [3.63, 3.8) is 0 Å². The maximum absolute atomic E-state index is 11.5. The van der Waals surface area contributed by atoms with E-state index in [1.807, 2.05) is 24.3 Å². The molecule has 5 nitrogen and oxygen atoms in total. The highest BCUT2D eigenvalue weighted by atomic mass is 79.9. The lowest BCUT2D eigenvalue weighted by atomic mass is 10.2. The zero-order chi connectivity index (χ0) is 14.8. The normalized spacial score (nSPS) is 10.5. The summed E-state index contributed by atoms with van der Waals surface area (Å²) in [6.45, 7) is 0. The first-order chi connectivity index (χ1) is 9.61. The Morgan fingerprint density at radius 3 is 2.60 bits per heavy atom. The summed E-state index contributed by atoms with van der Waals surface area (Å²) in [7, 11) is 1.60. The number of rotatable bonds is 7. The van der Waals surface area contributed by atoms with Gasteiger partial charge in [-0.2, -0.15) is 5.10 Å². The second-order valence-corrected chi connectivity index (χ2v) is 5.14. The van der Waals surface area contributed by atoms with Crippen LogP contribution in [0, 0.1) is 0 Å². The molecule has 0 fully saturated rings. The summed E-state index contributed by atoms with van der Waals surface area (Å²) in [5.74, 6) is -0.147. The molecule has 20 heavy (non-hydrogen) atoms. The highest BCUT2D eigenvalue weighted by Crippen LogP contribution is 2.09. The number of halogens is 1. The van der Waals surface area contributed by atoms with Gasteiger partial charge in [0.2, 0.25) is 11.8 Å². The molecule has 0 aliphatic heterocycles. The third-order valence-electron chi connectivity index (χ3n) is 2.59. The molecule has 0 atom stereocenters. The van der Waals surface area contributed by atoms with Crippen molar-refractivity contribution in [1.29, 1.82) is 0 Å². The average Bonchev–Trinajstić information content (AvgIpc) is 2.43. The zero-order valence-electron chi connectivity index (χ0n) is 11.4. The minimum atomic E-state index is -0.145. The number of amides is 2. The fraction of sp³-hybridized carbons (Fsp3) is 0.357. The number of carbonyl (C=O) groups excluding carboxylic acids is 2. The fourth-order valence-corrected chi connectivity index (χ4v) is 1.93. The summed E-state index contributed by atoms with van der Waals surface area (Å²) in [5.41, 5.74) is 3.37. The van der Waals surface area contributed by atoms with Gasteiger partial charge in [0.15, 0.2) is 0 Å². The van der Waals surface area contributed by atoms with Crippen molar-refractivity contribution < 1.29 is 9.59 Å². The maximum Gasteiger partial charge on any atom is 0.240 e. The van der Waals surface area contributed by atoms with Crippen LogP contribution in [0.2, 0.25) is 0 Å². The Bertz CT molecular complexity index is 489. The van der Waals surface area contributed by atoms with Crippen LogP contribution in [0.1, 0.15) is 31.2 Å². The van der Waals surface area contributed by atoms with Crippen LogP contribution in [0.5, 0.6) is 0 Å². The number of benzene rings is 1. The SMILES string of the molecule is CNC(=O)CCCCC(=O)N/N=C/c1cccc(Br)c1. The molecular formula is C14H18BrN3O2. The largest absolute Gasteiger partial charge is 0.359 e. The minimum absolute atomic E-state index is 0.00177. The van der Waals surface area contributed by atoms with Crippen LogP contribution >= 0.6 is 15.9 Å². The van der Waals surface area contributed by atoms with Gasteiger partial charge in [0.1, 0.15) is 0 Å². The van der Waals surface area contributed by atoms with Crippen LogP contribution in [-0.4, -0.2) is 25.1 Å². The molecule has 1 rings (SSSR count). The van der Waals surface area contributed by atoms with E-state index in [0.717, 1.165) is 10.0 Å². The van der Waals surface area contributed by atoms with Gasteiger partial charge in [-0.05, 0) is 30.5 Å². The summed E-state index contributed by atoms with van der Waals surface area (Å²) < 4.78 is 0.960. The summed E-state index contributed by atoms with van der Waals surface area (Å²) in [6, 6.07) is 7.61. The van der Waals surface area contributed by atoms with Gasteiger partial charge < -0.3 is 5.32 Å². The van der Waals surface area contributed by atoms with Crippen LogP contribution in [0.25, 0.3) is 0 Å². The van der Waals surface area contributed by atoms with Gasteiger partial charge in [-0.1, -0.05) is 28.1 Å². The highest BCUT2D eigenvalue weighted by Gasteiger charge is 2.01. The van der Waals surface area contributed by atoms with Crippen molar-refractivity contribution in [3.05, 3.63) is 34.3 Å². The van der Waals surface area contributed by atoms with Gasteiger partial charge in [0.25, 0.3) is 0 Å². The van der Waals surface area contributed by atoms with E-state index in [9.17, 15) is 9.59 Å². The standard InChI is InChI=1S/C14H18BrN3O2/c1-16-13(19)7-2-3-8-14(20)18-17-10-11-5-4-6-12(15)9-11/h4-6,9-10H,2-3,7-8H2,1H3,(H,16,19)(H,18,20)/b17-10+. The Hall–Kier alpha value is -1.69. The van der Waals surface area contributed by atoms with E-state index >= 15 is 0 Å². The molecule has 108 valence electrons.